The molecule has 1 heterocycles. The molecular formula is C13H17BrN2. The summed E-state index contributed by atoms with van der Waals surface area (Å²) in [6, 6.07) is 6.40. The molecule has 0 radical (unpaired) electrons. The first kappa shape index (κ1) is 11.7. The van der Waals surface area contributed by atoms with Crippen LogP contribution in [0.1, 0.15) is 11.1 Å². The molecule has 1 aromatic carbocycles. The topological polar surface area (TPSA) is 6.48 Å². The van der Waals surface area contributed by atoms with E-state index in [9.17, 15) is 0 Å². The van der Waals surface area contributed by atoms with Crippen molar-refractivity contribution >= 4 is 22.0 Å². The predicted octanol–water partition coefficient (Wildman–Crippen LogP) is 2.80. The molecule has 0 aromatic heterocycles. The Morgan fingerprint density at radius 1 is 1.38 bits per heavy atom. The van der Waals surface area contributed by atoms with Crippen molar-refractivity contribution in [2.24, 2.45) is 0 Å². The van der Waals surface area contributed by atoms with E-state index < -0.39 is 0 Å². The van der Waals surface area contributed by atoms with Crippen molar-refractivity contribution in [1.82, 2.24) is 9.80 Å². The highest BCUT2D eigenvalue weighted by Gasteiger charge is 2.11. The van der Waals surface area contributed by atoms with Crippen molar-refractivity contribution in [1.29, 1.82) is 0 Å². The monoisotopic (exact) mass is 280 g/mol. The van der Waals surface area contributed by atoms with Gasteiger partial charge >= 0.3 is 0 Å². The second kappa shape index (κ2) is 5.02. The quantitative estimate of drug-likeness (QED) is 0.840. The zero-order chi connectivity index (χ0) is 11.5. The van der Waals surface area contributed by atoms with Gasteiger partial charge in [0.25, 0.3) is 0 Å². The van der Waals surface area contributed by atoms with Gasteiger partial charge in [0.1, 0.15) is 0 Å². The van der Waals surface area contributed by atoms with Gasteiger partial charge in [-0.25, -0.2) is 0 Å². The lowest BCUT2D eigenvalue weighted by Gasteiger charge is -2.27. The van der Waals surface area contributed by atoms with Crippen molar-refractivity contribution in [3.8, 4) is 0 Å². The van der Waals surface area contributed by atoms with Crippen LogP contribution in [-0.2, 0) is 6.54 Å². The fraction of sp³-hybridized carbons (Fsp3) is 0.385. The second-order valence-corrected chi connectivity index (χ2v) is 5.26. The number of rotatable bonds is 3. The van der Waals surface area contributed by atoms with Crippen LogP contribution in [0.2, 0.25) is 0 Å². The smallest absolute Gasteiger partial charge is 0.0430 e. The molecule has 0 unspecified atom stereocenters. The molecule has 0 atom stereocenters. The summed E-state index contributed by atoms with van der Waals surface area (Å²) in [6.45, 7) is 3.18. The lowest BCUT2D eigenvalue weighted by atomic mass is 10.0. The van der Waals surface area contributed by atoms with Gasteiger partial charge in [-0.05, 0) is 37.4 Å². The summed E-state index contributed by atoms with van der Waals surface area (Å²) in [5.41, 5.74) is 2.72. The largest absolute Gasteiger partial charge is 0.372 e. The van der Waals surface area contributed by atoms with Gasteiger partial charge in [0.15, 0.2) is 0 Å². The SMILES string of the molecule is CN(C)CCN1C=Cc2c(Br)cccc2C1. The van der Waals surface area contributed by atoms with Gasteiger partial charge in [0.05, 0.1) is 0 Å². The van der Waals surface area contributed by atoms with Gasteiger partial charge in [-0.3, -0.25) is 0 Å². The van der Waals surface area contributed by atoms with E-state index in [2.05, 4.69) is 70.3 Å². The van der Waals surface area contributed by atoms with Crippen molar-refractivity contribution < 1.29 is 0 Å². The maximum atomic E-state index is 3.59. The van der Waals surface area contributed by atoms with Crippen LogP contribution < -0.4 is 0 Å². The first-order valence-electron chi connectivity index (χ1n) is 5.51. The number of benzene rings is 1. The number of fused-ring (bicyclic) bond motifs is 1. The zero-order valence-electron chi connectivity index (χ0n) is 9.78. The Bertz CT molecular complexity index is 399. The fourth-order valence-electron chi connectivity index (χ4n) is 1.84. The molecule has 0 N–H and O–H groups in total. The molecule has 16 heavy (non-hydrogen) atoms. The standard InChI is InChI=1S/C13H17BrN2/c1-15(2)8-9-16-7-6-12-11(10-16)4-3-5-13(12)14/h3-7H,8-10H2,1-2H3. The van der Waals surface area contributed by atoms with Crippen molar-refractivity contribution in [3.05, 3.63) is 40.0 Å². The number of hydrogen-bond acceptors (Lipinski definition) is 2. The van der Waals surface area contributed by atoms with Gasteiger partial charge < -0.3 is 9.80 Å². The number of likely N-dealkylation sites (N-methyl/N-ethyl adjacent to an activating group) is 1. The molecule has 1 aliphatic heterocycles. The molecule has 0 fully saturated rings. The molecule has 0 saturated heterocycles. The van der Waals surface area contributed by atoms with E-state index in [-0.39, 0.29) is 0 Å². The van der Waals surface area contributed by atoms with E-state index in [1.165, 1.54) is 15.6 Å². The Morgan fingerprint density at radius 2 is 2.19 bits per heavy atom. The minimum absolute atomic E-state index is 1.01. The Labute approximate surface area is 106 Å². The highest BCUT2D eigenvalue weighted by atomic mass is 79.9. The van der Waals surface area contributed by atoms with Gasteiger partial charge in [0, 0.05) is 30.3 Å². The third-order valence-electron chi connectivity index (χ3n) is 2.80. The minimum atomic E-state index is 1.01. The molecule has 1 aromatic rings. The molecule has 86 valence electrons. The minimum Gasteiger partial charge on any atom is -0.372 e. The lowest BCUT2D eigenvalue weighted by Crippen LogP contribution is -2.29. The lowest BCUT2D eigenvalue weighted by molar-refractivity contribution is 0.301. The van der Waals surface area contributed by atoms with Gasteiger partial charge in [-0.1, -0.05) is 28.1 Å². The van der Waals surface area contributed by atoms with Crippen LogP contribution in [0.15, 0.2) is 28.9 Å². The first-order valence-corrected chi connectivity index (χ1v) is 6.30. The zero-order valence-corrected chi connectivity index (χ0v) is 11.4. The van der Waals surface area contributed by atoms with E-state index in [0.29, 0.717) is 0 Å². The van der Waals surface area contributed by atoms with Crippen LogP contribution in [0.3, 0.4) is 0 Å². The van der Waals surface area contributed by atoms with Crippen molar-refractivity contribution in [2.75, 3.05) is 27.2 Å². The highest BCUT2D eigenvalue weighted by Crippen LogP contribution is 2.26. The summed E-state index contributed by atoms with van der Waals surface area (Å²) in [5.74, 6) is 0. The Morgan fingerprint density at radius 3 is 2.94 bits per heavy atom. The average molecular weight is 281 g/mol. The Kier molecular flexibility index (Phi) is 3.66. The molecular weight excluding hydrogens is 264 g/mol. The van der Waals surface area contributed by atoms with Gasteiger partial charge in [-0.15, -0.1) is 0 Å². The molecule has 2 rings (SSSR count). The van der Waals surface area contributed by atoms with E-state index in [0.717, 1.165) is 19.6 Å². The molecule has 0 spiro atoms. The normalized spacial score (nSPS) is 14.4. The predicted molar refractivity (Wildman–Crippen MR) is 72.1 cm³/mol. The molecule has 0 saturated carbocycles. The first-order chi connectivity index (χ1) is 7.66. The summed E-state index contributed by atoms with van der Waals surface area (Å²) in [6.07, 6.45) is 4.38. The average Bonchev–Trinajstić information content (AvgIpc) is 2.26. The summed E-state index contributed by atoms with van der Waals surface area (Å²) < 4.78 is 1.19. The maximum Gasteiger partial charge on any atom is 0.0430 e. The molecule has 1 aliphatic rings. The highest BCUT2D eigenvalue weighted by molar-refractivity contribution is 9.10. The van der Waals surface area contributed by atoms with Crippen molar-refractivity contribution in [2.45, 2.75) is 6.54 Å². The Hall–Kier alpha value is -0.800. The summed E-state index contributed by atoms with van der Waals surface area (Å²) in [5, 5.41) is 0. The van der Waals surface area contributed by atoms with Crippen LogP contribution >= 0.6 is 15.9 Å². The van der Waals surface area contributed by atoms with E-state index >= 15 is 0 Å². The van der Waals surface area contributed by atoms with E-state index in [1.807, 2.05) is 0 Å². The maximum absolute atomic E-state index is 3.59. The van der Waals surface area contributed by atoms with Crippen LogP contribution in [0, 0.1) is 0 Å². The Balaban J connectivity index is 2.07. The van der Waals surface area contributed by atoms with Gasteiger partial charge in [-0.2, -0.15) is 0 Å². The molecule has 0 bridgehead atoms. The second-order valence-electron chi connectivity index (χ2n) is 4.40. The van der Waals surface area contributed by atoms with E-state index in [1.54, 1.807) is 0 Å². The van der Waals surface area contributed by atoms with Crippen molar-refractivity contribution in [3.63, 3.8) is 0 Å². The summed E-state index contributed by atoms with van der Waals surface area (Å²) in [4.78, 5) is 4.57. The van der Waals surface area contributed by atoms with E-state index in [4.69, 9.17) is 0 Å². The summed E-state index contributed by atoms with van der Waals surface area (Å²) in [7, 11) is 4.22. The van der Waals surface area contributed by atoms with Crippen LogP contribution in [0.4, 0.5) is 0 Å². The van der Waals surface area contributed by atoms with Crippen LogP contribution in [0.5, 0.6) is 0 Å². The third kappa shape index (κ3) is 2.66. The fourth-order valence-corrected chi connectivity index (χ4v) is 2.38. The summed E-state index contributed by atoms with van der Waals surface area (Å²) >= 11 is 3.59. The molecule has 2 nitrogen and oxygen atoms in total. The molecule has 0 aliphatic carbocycles. The van der Waals surface area contributed by atoms with Gasteiger partial charge in [0.2, 0.25) is 0 Å². The third-order valence-corrected chi connectivity index (χ3v) is 3.49. The molecule has 0 amide bonds. The molecule has 3 heteroatoms. The number of hydrogen-bond donors (Lipinski definition) is 0. The number of nitrogens with zero attached hydrogens (tertiary/aromatic N) is 2. The number of halogens is 1. The van der Waals surface area contributed by atoms with Crippen LogP contribution in [-0.4, -0.2) is 37.0 Å². The van der Waals surface area contributed by atoms with Crippen LogP contribution in [0.25, 0.3) is 6.08 Å².